The SMILES string of the molecule is CCc1cc2c(=O)n(NC(=O)[C@@H]3COc4ccccc4O3)cnc2s1. The van der Waals surface area contributed by atoms with E-state index in [-0.39, 0.29) is 12.2 Å². The normalized spacial score (nSPS) is 16.0. The molecule has 7 nitrogen and oxygen atoms in total. The Morgan fingerprint density at radius 3 is 3.00 bits per heavy atom. The van der Waals surface area contributed by atoms with Crippen LogP contribution in [0.15, 0.2) is 41.5 Å². The molecule has 1 aliphatic rings. The van der Waals surface area contributed by atoms with Crippen LogP contribution in [0.25, 0.3) is 10.2 Å². The van der Waals surface area contributed by atoms with E-state index in [0.29, 0.717) is 21.7 Å². The lowest BCUT2D eigenvalue weighted by atomic mass is 10.2. The first kappa shape index (κ1) is 15.6. The molecule has 128 valence electrons. The molecule has 1 aliphatic heterocycles. The van der Waals surface area contributed by atoms with Crippen molar-refractivity contribution >= 4 is 27.5 Å². The summed E-state index contributed by atoms with van der Waals surface area (Å²) in [5, 5.41) is 0.496. The molecule has 0 aliphatic carbocycles. The van der Waals surface area contributed by atoms with Gasteiger partial charge in [-0.25, -0.2) is 9.66 Å². The lowest BCUT2D eigenvalue weighted by Gasteiger charge is -2.25. The van der Waals surface area contributed by atoms with Crippen molar-refractivity contribution in [3.63, 3.8) is 0 Å². The van der Waals surface area contributed by atoms with Crippen molar-refractivity contribution in [2.45, 2.75) is 19.4 Å². The van der Waals surface area contributed by atoms with Crippen LogP contribution in [0.5, 0.6) is 11.5 Å². The van der Waals surface area contributed by atoms with Crippen molar-refractivity contribution in [1.82, 2.24) is 9.66 Å². The molecule has 3 aromatic rings. The Morgan fingerprint density at radius 2 is 2.20 bits per heavy atom. The topological polar surface area (TPSA) is 82.5 Å². The molecule has 0 fully saturated rings. The minimum Gasteiger partial charge on any atom is -0.485 e. The van der Waals surface area contributed by atoms with E-state index in [2.05, 4.69) is 10.4 Å². The molecule has 0 unspecified atom stereocenters. The molecular formula is C17H15N3O4S. The zero-order valence-electron chi connectivity index (χ0n) is 13.4. The van der Waals surface area contributed by atoms with Gasteiger partial charge in [0.1, 0.15) is 17.8 Å². The van der Waals surface area contributed by atoms with Crippen molar-refractivity contribution < 1.29 is 14.3 Å². The Balaban J connectivity index is 1.56. The summed E-state index contributed by atoms with van der Waals surface area (Å²) in [5.74, 6) is 0.626. The molecule has 0 saturated heterocycles. The summed E-state index contributed by atoms with van der Waals surface area (Å²) in [6.45, 7) is 2.09. The van der Waals surface area contributed by atoms with Crippen LogP contribution in [0, 0.1) is 0 Å². The van der Waals surface area contributed by atoms with E-state index in [4.69, 9.17) is 9.47 Å². The zero-order valence-corrected chi connectivity index (χ0v) is 14.2. The second kappa shape index (κ2) is 6.21. The summed E-state index contributed by atoms with van der Waals surface area (Å²) in [7, 11) is 0. The highest BCUT2D eigenvalue weighted by Gasteiger charge is 2.27. The minimum absolute atomic E-state index is 0.0751. The molecule has 1 amide bonds. The Bertz CT molecular complexity index is 1010. The fourth-order valence-electron chi connectivity index (χ4n) is 2.57. The highest BCUT2D eigenvalue weighted by Crippen LogP contribution is 2.30. The fourth-order valence-corrected chi connectivity index (χ4v) is 3.49. The lowest BCUT2D eigenvalue weighted by Crippen LogP contribution is -2.45. The number of amides is 1. The number of ether oxygens (including phenoxy) is 2. The molecule has 0 bridgehead atoms. The standard InChI is InChI=1S/C17H15N3O4S/c1-2-10-7-11-16(25-10)18-9-20(17(11)22)19-15(21)14-8-23-12-5-3-4-6-13(12)24-14/h3-7,9,14H,2,8H2,1H3,(H,19,21)/t14-/m0/s1. The Kier molecular flexibility index (Phi) is 3.89. The van der Waals surface area contributed by atoms with Crippen molar-refractivity contribution in [3.8, 4) is 11.5 Å². The highest BCUT2D eigenvalue weighted by atomic mass is 32.1. The number of aromatic nitrogens is 2. The van der Waals surface area contributed by atoms with Gasteiger partial charge in [0.25, 0.3) is 11.5 Å². The zero-order chi connectivity index (χ0) is 17.4. The molecular weight excluding hydrogens is 342 g/mol. The van der Waals surface area contributed by atoms with E-state index in [1.54, 1.807) is 18.2 Å². The Hall–Kier alpha value is -2.87. The molecule has 1 N–H and O–H groups in total. The van der Waals surface area contributed by atoms with Gasteiger partial charge in [-0.1, -0.05) is 19.1 Å². The molecule has 0 saturated carbocycles. The van der Waals surface area contributed by atoms with Crippen LogP contribution in [-0.4, -0.2) is 28.3 Å². The Morgan fingerprint density at radius 1 is 1.40 bits per heavy atom. The third-order valence-corrected chi connectivity index (χ3v) is 5.07. The average Bonchev–Trinajstić information content (AvgIpc) is 3.08. The minimum atomic E-state index is -0.842. The van der Waals surface area contributed by atoms with Crippen LogP contribution in [-0.2, 0) is 11.2 Å². The van der Waals surface area contributed by atoms with Crippen LogP contribution in [0.2, 0.25) is 0 Å². The number of hydrogen-bond donors (Lipinski definition) is 1. The van der Waals surface area contributed by atoms with Gasteiger partial charge >= 0.3 is 0 Å². The first-order valence-corrected chi connectivity index (χ1v) is 8.67. The van der Waals surface area contributed by atoms with Gasteiger partial charge in [-0.15, -0.1) is 11.3 Å². The van der Waals surface area contributed by atoms with Crippen molar-refractivity contribution in [2.75, 3.05) is 12.0 Å². The number of carbonyl (C=O) groups excluding carboxylic acids is 1. The molecule has 4 rings (SSSR count). The molecule has 25 heavy (non-hydrogen) atoms. The van der Waals surface area contributed by atoms with Crippen LogP contribution in [0.4, 0.5) is 0 Å². The number of aryl methyl sites for hydroxylation is 1. The van der Waals surface area contributed by atoms with E-state index in [9.17, 15) is 9.59 Å². The van der Waals surface area contributed by atoms with Gasteiger partial charge < -0.3 is 9.47 Å². The maximum Gasteiger partial charge on any atom is 0.283 e. The summed E-state index contributed by atoms with van der Waals surface area (Å²) < 4.78 is 12.3. The number of hydrogen-bond acceptors (Lipinski definition) is 6. The van der Waals surface area contributed by atoms with Crippen LogP contribution in [0.1, 0.15) is 11.8 Å². The molecule has 8 heteroatoms. The largest absolute Gasteiger partial charge is 0.485 e. The van der Waals surface area contributed by atoms with Gasteiger partial charge in [-0.05, 0) is 24.6 Å². The van der Waals surface area contributed by atoms with E-state index >= 15 is 0 Å². The lowest BCUT2D eigenvalue weighted by molar-refractivity contribution is -0.126. The summed E-state index contributed by atoms with van der Waals surface area (Å²) >= 11 is 1.48. The Labute approximate surface area is 146 Å². The van der Waals surface area contributed by atoms with Crippen molar-refractivity contribution in [3.05, 3.63) is 51.9 Å². The first-order valence-electron chi connectivity index (χ1n) is 7.85. The smallest absolute Gasteiger partial charge is 0.283 e. The molecule has 1 atom stereocenters. The first-order chi connectivity index (χ1) is 12.2. The maximum atomic E-state index is 12.5. The summed E-state index contributed by atoms with van der Waals surface area (Å²) in [6, 6.07) is 8.94. The van der Waals surface area contributed by atoms with Crippen molar-refractivity contribution in [1.29, 1.82) is 0 Å². The number of benzene rings is 1. The fraction of sp³-hybridized carbons (Fsp3) is 0.235. The third-order valence-electron chi connectivity index (χ3n) is 3.88. The van der Waals surface area contributed by atoms with Crippen LogP contribution >= 0.6 is 11.3 Å². The van der Waals surface area contributed by atoms with E-state index in [0.717, 1.165) is 16.0 Å². The van der Waals surface area contributed by atoms with E-state index in [1.165, 1.54) is 17.7 Å². The van der Waals surface area contributed by atoms with Crippen molar-refractivity contribution in [2.24, 2.45) is 0 Å². The van der Waals surface area contributed by atoms with Crippen LogP contribution in [0.3, 0.4) is 0 Å². The van der Waals surface area contributed by atoms with Crippen LogP contribution < -0.4 is 20.5 Å². The number of fused-ring (bicyclic) bond motifs is 2. The maximum absolute atomic E-state index is 12.5. The summed E-state index contributed by atoms with van der Waals surface area (Å²) in [6.07, 6.45) is 1.31. The summed E-state index contributed by atoms with van der Waals surface area (Å²) in [5.41, 5.74) is 2.22. The van der Waals surface area contributed by atoms with E-state index < -0.39 is 12.0 Å². The van der Waals surface area contributed by atoms with Gasteiger partial charge in [0, 0.05) is 4.88 Å². The molecule has 3 heterocycles. The highest BCUT2D eigenvalue weighted by molar-refractivity contribution is 7.18. The number of thiophene rings is 1. The predicted molar refractivity (Wildman–Crippen MR) is 94.0 cm³/mol. The van der Waals surface area contributed by atoms with Gasteiger partial charge in [0.05, 0.1) is 5.39 Å². The number of para-hydroxylation sites is 2. The van der Waals surface area contributed by atoms with Gasteiger partial charge in [-0.2, -0.15) is 0 Å². The third kappa shape index (κ3) is 2.85. The number of rotatable bonds is 3. The number of nitrogens with zero attached hydrogens (tertiary/aromatic N) is 2. The average molecular weight is 357 g/mol. The van der Waals surface area contributed by atoms with Gasteiger partial charge in [-0.3, -0.25) is 15.0 Å². The predicted octanol–water partition coefficient (Wildman–Crippen LogP) is 1.93. The van der Waals surface area contributed by atoms with Gasteiger partial charge in [0.15, 0.2) is 11.5 Å². The molecule has 1 aromatic carbocycles. The molecule has 0 radical (unpaired) electrons. The second-order valence-corrected chi connectivity index (χ2v) is 6.66. The number of nitrogens with one attached hydrogen (secondary N) is 1. The van der Waals surface area contributed by atoms with Gasteiger partial charge in [0.2, 0.25) is 6.10 Å². The van der Waals surface area contributed by atoms with E-state index in [1.807, 2.05) is 19.1 Å². The summed E-state index contributed by atoms with van der Waals surface area (Å²) in [4.78, 5) is 30.9. The second-order valence-electron chi connectivity index (χ2n) is 5.55. The molecule has 2 aromatic heterocycles. The quantitative estimate of drug-likeness (QED) is 0.774. The monoisotopic (exact) mass is 357 g/mol. The molecule has 0 spiro atoms. The number of carbonyl (C=O) groups is 1.